The van der Waals surface area contributed by atoms with E-state index in [2.05, 4.69) is 9.72 Å². The smallest absolute Gasteiger partial charge is 0.387 e. The highest BCUT2D eigenvalue weighted by molar-refractivity contribution is 6.29. The van der Waals surface area contributed by atoms with Gasteiger partial charge in [0.15, 0.2) is 12.0 Å². The molecule has 0 saturated heterocycles. The summed E-state index contributed by atoms with van der Waals surface area (Å²) < 4.78 is 27.5. The minimum Gasteiger partial charge on any atom is -0.432 e. The van der Waals surface area contributed by atoms with Crippen LogP contribution in [0.1, 0.15) is 10.4 Å². The molecule has 0 bridgehead atoms. The number of pyridine rings is 1. The van der Waals surface area contributed by atoms with Crippen LogP contribution in [0.4, 0.5) is 8.78 Å². The highest BCUT2D eigenvalue weighted by atomic mass is 35.5. The lowest BCUT2D eigenvalue weighted by atomic mass is 10.3. The molecule has 70 valence electrons. The van der Waals surface area contributed by atoms with E-state index in [0.717, 1.165) is 12.3 Å². The Kier molecular flexibility index (Phi) is 3.13. The molecule has 1 rings (SSSR count). The fourth-order valence-electron chi connectivity index (χ4n) is 0.718. The van der Waals surface area contributed by atoms with Crippen molar-refractivity contribution in [3.63, 3.8) is 0 Å². The van der Waals surface area contributed by atoms with E-state index in [1.807, 2.05) is 0 Å². The summed E-state index contributed by atoms with van der Waals surface area (Å²) in [4.78, 5) is 13.8. The molecule has 0 aliphatic rings. The average molecular weight is 208 g/mol. The third-order valence-electron chi connectivity index (χ3n) is 1.21. The molecule has 1 aromatic rings. The van der Waals surface area contributed by atoms with Crippen molar-refractivity contribution in [3.8, 4) is 5.75 Å². The van der Waals surface area contributed by atoms with E-state index in [1.54, 1.807) is 0 Å². The molecule has 0 spiro atoms. The number of rotatable bonds is 3. The first-order valence-corrected chi connectivity index (χ1v) is 3.57. The predicted molar refractivity (Wildman–Crippen MR) is 41.3 cm³/mol. The molecule has 0 amide bonds. The van der Waals surface area contributed by atoms with E-state index in [9.17, 15) is 13.6 Å². The molecule has 0 atom stereocenters. The largest absolute Gasteiger partial charge is 0.432 e. The second-order valence-corrected chi connectivity index (χ2v) is 2.43. The zero-order valence-corrected chi connectivity index (χ0v) is 6.96. The maximum absolute atomic E-state index is 11.7. The zero-order chi connectivity index (χ0) is 9.84. The van der Waals surface area contributed by atoms with Gasteiger partial charge in [0.25, 0.3) is 0 Å². The number of hydrogen-bond acceptors (Lipinski definition) is 3. The predicted octanol–water partition coefficient (Wildman–Crippen LogP) is 2.15. The normalized spacial score (nSPS) is 10.2. The molecule has 0 N–H and O–H groups in total. The van der Waals surface area contributed by atoms with Crippen molar-refractivity contribution in [2.24, 2.45) is 0 Å². The van der Waals surface area contributed by atoms with Gasteiger partial charge < -0.3 is 4.74 Å². The summed E-state index contributed by atoms with van der Waals surface area (Å²) >= 11 is 5.42. The maximum atomic E-state index is 11.7. The van der Waals surface area contributed by atoms with Crippen LogP contribution in [-0.4, -0.2) is 17.9 Å². The third-order valence-corrected chi connectivity index (χ3v) is 1.41. The Bertz CT molecular complexity index is 319. The molecule has 0 saturated carbocycles. The monoisotopic (exact) mass is 207 g/mol. The zero-order valence-electron chi connectivity index (χ0n) is 6.21. The van der Waals surface area contributed by atoms with Gasteiger partial charge in [0, 0.05) is 0 Å². The number of halogens is 3. The Morgan fingerprint density at radius 2 is 2.31 bits per heavy atom. The summed E-state index contributed by atoms with van der Waals surface area (Å²) in [7, 11) is 0. The Hall–Kier alpha value is -1.23. The van der Waals surface area contributed by atoms with Gasteiger partial charge >= 0.3 is 6.61 Å². The fraction of sp³-hybridized carbons (Fsp3) is 0.143. The molecule has 13 heavy (non-hydrogen) atoms. The average Bonchev–Trinajstić information content (AvgIpc) is 2.07. The van der Waals surface area contributed by atoms with Gasteiger partial charge in [-0.2, -0.15) is 8.78 Å². The molecule has 3 nitrogen and oxygen atoms in total. The minimum atomic E-state index is -2.98. The van der Waals surface area contributed by atoms with Crippen LogP contribution in [-0.2, 0) is 0 Å². The number of hydrogen-bond donors (Lipinski definition) is 0. The second kappa shape index (κ2) is 4.13. The van der Waals surface area contributed by atoms with Gasteiger partial charge in [0.2, 0.25) is 0 Å². The van der Waals surface area contributed by atoms with Gasteiger partial charge in [-0.05, 0) is 6.07 Å². The van der Waals surface area contributed by atoms with Gasteiger partial charge in [-0.3, -0.25) is 4.79 Å². The van der Waals surface area contributed by atoms with Crippen LogP contribution in [0, 0.1) is 0 Å². The lowest BCUT2D eigenvalue weighted by molar-refractivity contribution is -0.0503. The van der Waals surface area contributed by atoms with Gasteiger partial charge in [-0.25, -0.2) is 4.98 Å². The summed E-state index contributed by atoms with van der Waals surface area (Å²) in [6, 6.07) is 1.15. The van der Waals surface area contributed by atoms with Crippen molar-refractivity contribution < 1.29 is 18.3 Å². The Morgan fingerprint density at radius 3 is 2.85 bits per heavy atom. The number of aromatic nitrogens is 1. The van der Waals surface area contributed by atoms with Crippen molar-refractivity contribution in [2.75, 3.05) is 0 Å². The van der Waals surface area contributed by atoms with Crippen LogP contribution in [0.25, 0.3) is 0 Å². The van der Waals surface area contributed by atoms with Gasteiger partial charge in [-0.15, -0.1) is 0 Å². The number of aldehydes is 1. The lowest BCUT2D eigenvalue weighted by Crippen LogP contribution is -2.04. The van der Waals surface area contributed by atoms with E-state index in [4.69, 9.17) is 11.6 Å². The summed E-state index contributed by atoms with van der Waals surface area (Å²) in [5.74, 6) is -0.283. The molecule has 0 aliphatic carbocycles. The topological polar surface area (TPSA) is 39.2 Å². The Morgan fingerprint density at radius 1 is 1.62 bits per heavy atom. The number of nitrogens with zero attached hydrogens (tertiary/aromatic N) is 1. The molecule has 0 fully saturated rings. The van der Waals surface area contributed by atoms with Crippen LogP contribution in [0.2, 0.25) is 5.15 Å². The lowest BCUT2D eigenvalue weighted by Gasteiger charge is -2.05. The van der Waals surface area contributed by atoms with Crippen LogP contribution in [0.3, 0.4) is 0 Å². The highest BCUT2D eigenvalue weighted by Gasteiger charge is 2.09. The minimum absolute atomic E-state index is 0.0451. The third kappa shape index (κ3) is 2.62. The van der Waals surface area contributed by atoms with Gasteiger partial charge in [0.05, 0.1) is 11.8 Å². The highest BCUT2D eigenvalue weighted by Crippen LogP contribution is 2.20. The van der Waals surface area contributed by atoms with Crippen molar-refractivity contribution in [3.05, 3.63) is 23.0 Å². The fourth-order valence-corrected chi connectivity index (χ4v) is 0.884. The van der Waals surface area contributed by atoms with Gasteiger partial charge in [-0.1, -0.05) is 11.6 Å². The first-order chi connectivity index (χ1) is 6.13. The molecule has 0 aromatic carbocycles. The van der Waals surface area contributed by atoms with E-state index in [1.165, 1.54) is 0 Å². The first kappa shape index (κ1) is 9.85. The number of carbonyl (C=O) groups excluding carboxylic acids is 1. The van der Waals surface area contributed by atoms with Crippen LogP contribution >= 0.6 is 11.6 Å². The molecule has 1 aromatic heterocycles. The summed E-state index contributed by atoms with van der Waals surface area (Å²) in [5.41, 5.74) is -0.0553. The van der Waals surface area contributed by atoms with Crippen molar-refractivity contribution in [1.82, 2.24) is 4.98 Å². The van der Waals surface area contributed by atoms with E-state index in [-0.39, 0.29) is 16.5 Å². The summed E-state index contributed by atoms with van der Waals surface area (Å²) in [6.45, 7) is -2.98. The molecule has 1 heterocycles. The van der Waals surface area contributed by atoms with Gasteiger partial charge in [0.1, 0.15) is 5.15 Å². The van der Waals surface area contributed by atoms with E-state index in [0.29, 0.717) is 6.29 Å². The molecule has 0 unspecified atom stereocenters. The molecular formula is C7H4ClF2NO2. The molecule has 6 heteroatoms. The van der Waals surface area contributed by atoms with Crippen LogP contribution in [0.5, 0.6) is 5.75 Å². The summed E-state index contributed by atoms with van der Waals surface area (Å²) in [6.07, 6.45) is 1.34. The van der Waals surface area contributed by atoms with E-state index < -0.39 is 6.61 Å². The summed E-state index contributed by atoms with van der Waals surface area (Å²) in [5, 5.41) is 0.0451. The van der Waals surface area contributed by atoms with Crippen molar-refractivity contribution in [2.45, 2.75) is 6.61 Å². The van der Waals surface area contributed by atoms with Crippen LogP contribution in [0.15, 0.2) is 12.3 Å². The molecule has 0 aliphatic heterocycles. The van der Waals surface area contributed by atoms with Crippen LogP contribution < -0.4 is 4.74 Å². The van der Waals surface area contributed by atoms with E-state index >= 15 is 0 Å². The molecular weight excluding hydrogens is 204 g/mol. The number of alkyl halides is 2. The maximum Gasteiger partial charge on any atom is 0.387 e. The standard InChI is InChI=1S/C7H4ClF2NO2/c8-6-1-4(3-12)5(2-11-6)13-7(9)10/h1-3,7H. The number of carbonyl (C=O) groups is 1. The Labute approximate surface area is 77.3 Å². The Balaban J connectivity index is 2.99. The van der Waals surface area contributed by atoms with Crippen molar-refractivity contribution >= 4 is 17.9 Å². The van der Waals surface area contributed by atoms with Crippen molar-refractivity contribution in [1.29, 1.82) is 0 Å². The SMILES string of the molecule is O=Cc1cc(Cl)ncc1OC(F)F. The second-order valence-electron chi connectivity index (χ2n) is 2.04. The molecule has 0 radical (unpaired) electrons. The number of ether oxygens (including phenoxy) is 1. The quantitative estimate of drug-likeness (QED) is 0.563. The first-order valence-electron chi connectivity index (χ1n) is 3.19.